The summed E-state index contributed by atoms with van der Waals surface area (Å²) in [6, 6.07) is 12.5. The Labute approximate surface area is 132 Å². The molecule has 2 aromatic rings. The van der Waals surface area contributed by atoms with Gasteiger partial charge in [0.05, 0.1) is 23.6 Å². The van der Waals surface area contributed by atoms with Crippen molar-refractivity contribution in [2.45, 2.75) is 13.2 Å². The van der Waals surface area contributed by atoms with Crippen molar-refractivity contribution in [2.24, 2.45) is 0 Å². The average molecular weight is 356 g/mol. The number of nitrogens with one attached hydrogen (secondary N) is 1. The number of benzene rings is 1. The van der Waals surface area contributed by atoms with Crippen LogP contribution in [0.5, 0.6) is 0 Å². The van der Waals surface area contributed by atoms with Gasteiger partial charge in [-0.1, -0.05) is 12.1 Å². The highest BCUT2D eigenvalue weighted by molar-refractivity contribution is 9.11. The monoisotopic (exact) mass is 355 g/mol. The zero-order valence-electron chi connectivity index (χ0n) is 11.4. The molecule has 0 amide bonds. The number of anilines is 1. The second kappa shape index (κ2) is 8.42. The number of halogens is 1. The van der Waals surface area contributed by atoms with E-state index in [1.54, 1.807) is 18.4 Å². The molecule has 1 N–H and O–H groups in total. The smallest absolute Gasteiger partial charge is 0.0718 e. The highest BCUT2D eigenvalue weighted by Gasteiger charge is 1.99. The van der Waals surface area contributed by atoms with Crippen LogP contribution in [0.15, 0.2) is 40.2 Å². The highest BCUT2D eigenvalue weighted by atomic mass is 79.9. The van der Waals surface area contributed by atoms with E-state index >= 15 is 0 Å². The van der Waals surface area contributed by atoms with Crippen LogP contribution in [0.1, 0.15) is 10.4 Å². The quantitative estimate of drug-likeness (QED) is 0.716. The number of methoxy groups -OCH3 is 1. The zero-order valence-corrected chi connectivity index (χ0v) is 13.8. The Morgan fingerprint density at radius 3 is 2.85 bits per heavy atom. The molecule has 108 valence electrons. The minimum Gasteiger partial charge on any atom is -0.382 e. The van der Waals surface area contributed by atoms with Gasteiger partial charge in [-0.2, -0.15) is 0 Å². The van der Waals surface area contributed by atoms with Crippen LogP contribution < -0.4 is 5.32 Å². The molecule has 0 aliphatic carbocycles. The Balaban J connectivity index is 1.82. The molecule has 5 heteroatoms. The van der Waals surface area contributed by atoms with Crippen LogP contribution >= 0.6 is 27.3 Å². The first kappa shape index (κ1) is 15.5. The first-order chi connectivity index (χ1) is 9.78. The van der Waals surface area contributed by atoms with Crippen molar-refractivity contribution in [3.8, 4) is 0 Å². The second-order valence-corrected chi connectivity index (χ2v) is 6.85. The fourth-order valence-electron chi connectivity index (χ4n) is 1.74. The lowest BCUT2D eigenvalue weighted by molar-refractivity contribution is 0.0617. The molecule has 0 fully saturated rings. The molecule has 0 spiro atoms. The summed E-state index contributed by atoms with van der Waals surface area (Å²) in [7, 11) is 1.68. The molecule has 0 bridgehead atoms. The summed E-state index contributed by atoms with van der Waals surface area (Å²) in [6.07, 6.45) is 0. The summed E-state index contributed by atoms with van der Waals surface area (Å²) >= 11 is 5.22. The Morgan fingerprint density at radius 2 is 2.10 bits per heavy atom. The predicted octanol–water partition coefficient (Wildman–Crippen LogP) is 4.29. The maximum absolute atomic E-state index is 5.52. The van der Waals surface area contributed by atoms with Crippen LogP contribution in [0.3, 0.4) is 0 Å². The fourth-order valence-corrected chi connectivity index (χ4v) is 3.16. The Hall–Kier alpha value is -0.880. The fraction of sp³-hybridized carbons (Fsp3) is 0.333. The van der Waals surface area contributed by atoms with Gasteiger partial charge in [0.1, 0.15) is 0 Å². The molecule has 0 saturated carbocycles. The van der Waals surface area contributed by atoms with E-state index in [9.17, 15) is 0 Å². The molecule has 1 aromatic heterocycles. The zero-order chi connectivity index (χ0) is 14.2. The van der Waals surface area contributed by atoms with E-state index in [-0.39, 0.29) is 0 Å². The van der Waals surface area contributed by atoms with Gasteiger partial charge in [-0.3, -0.25) is 0 Å². The minimum atomic E-state index is 0.615. The number of thiophene rings is 1. The van der Waals surface area contributed by atoms with E-state index < -0.39 is 0 Å². The molecular formula is C15H18BrNO2S. The summed E-state index contributed by atoms with van der Waals surface area (Å²) in [4.78, 5) is 1.30. The lowest BCUT2D eigenvalue weighted by atomic mass is 10.2. The van der Waals surface area contributed by atoms with Crippen LogP contribution in [0.25, 0.3) is 0 Å². The first-order valence-electron chi connectivity index (χ1n) is 6.41. The van der Waals surface area contributed by atoms with Gasteiger partial charge in [-0.15, -0.1) is 11.3 Å². The Kier molecular flexibility index (Phi) is 6.53. The topological polar surface area (TPSA) is 30.5 Å². The summed E-state index contributed by atoms with van der Waals surface area (Å²) in [5, 5.41) is 3.43. The van der Waals surface area contributed by atoms with Gasteiger partial charge in [-0.25, -0.2) is 0 Å². The third kappa shape index (κ3) is 5.25. The third-order valence-electron chi connectivity index (χ3n) is 2.72. The lowest BCUT2D eigenvalue weighted by Crippen LogP contribution is -2.02. The molecule has 0 aliphatic rings. The van der Waals surface area contributed by atoms with Crippen molar-refractivity contribution in [1.29, 1.82) is 0 Å². The van der Waals surface area contributed by atoms with Crippen LogP contribution in [-0.4, -0.2) is 20.3 Å². The molecule has 2 rings (SSSR count). The molecule has 0 aliphatic heterocycles. The molecule has 3 nitrogen and oxygen atoms in total. The van der Waals surface area contributed by atoms with Crippen molar-refractivity contribution in [1.82, 2.24) is 0 Å². The Bertz CT molecular complexity index is 530. The van der Waals surface area contributed by atoms with E-state index in [2.05, 4.69) is 51.6 Å². The van der Waals surface area contributed by atoms with Crippen LogP contribution in [0.4, 0.5) is 5.69 Å². The van der Waals surface area contributed by atoms with Gasteiger partial charge in [0, 0.05) is 24.2 Å². The van der Waals surface area contributed by atoms with Crippen molar-refractivity contribution >= 4 is 33.0 Å². The minimum absolute atomic E-state index is 0.615. The molecule has 1 heterocycles. The van der Waals surface area contributed by atoms with Crippen molar-refractivity contribution in [3.05, 3.63) is 50.6 Å². The van der Waals surface area contributed by atoms with Gasteiger partial charge >= 0.3 is 0 Å². The van der Waals surface area contributed by atoms with E-state index in [1.165, 1.54) is 10.4 Å². The van der Waals surface area contributed by atoms with E-state index in [0.717, 1.165) is 16.0 Å². The van der Waals surface area contributed by atoms with E-state index in [1.807, 2.05) is 6.07 Å². The van der Waals surface area contributed by atoms with Crippen molar-refractivity contribution in [2.75, 3.05) is 25.6 Å². The number of ether oxygens (including phenoxy) is 2. The van der Waals surface area contributed by atoms with Crippen LogP contribution in [-0.2, 0) is 22.6 Å². The number of hydrogen-bond donors (Lipinski definition) is 1. The normalized spacial score (nSPS) is 10.7. The third-order valence-corrected chi connectivity index (χ3v) is 4.35. The predicted molar refractivity (Wildman–Crippen MR) is 87.3 cm³/mol. The summed E-state index contributed by atoms with van der Waals surface area (Å²) in [5.41, 5.74) is 2.28. The highest BCUT2D eigenvalue weighted by Crippen LogP contribution is 2.23. The number of hydrogen-bond acceptors (Lipinski definition) is 4. The van der Waals surface area contributed by atoms with Gasteiger partial charge < -0.3 is 14.8 Å². The van der Waals surface area contributed by atoms with Crippen LogP contribution in [0, 0.1) is 0 Å². The van der Waals surface area contributed by atoms with E-state index in [4.69, 9.17) is 9.47 Å². The molecule has 0 atom stereocenters. The standard InChI is InChI=1S/C15H18BrNO2S/c1-18-7-8-19-11-12-3-2-4-13(9-12)17-10-14-5-6-15(16)20-14/h2-6,9,17H,7-8,10-11H2,1H3. The average Bonchev–Trinajstić information content (AvgIpc) is 2.88. The van der Waals surface area contributed by atoms with Gasteiger partial charge in [0.25, 0.3) is 0 Å². The summed E-state index contributed by atoms with van der Waals surface area (Å²) in [5.74, 6) is 0. The summed E-state index contributed by atoms with van der Waals surface area (Å²) in [6.45, 7) is 2.70. The molecule has 20 heavy (non-hydrogen) atoms. The maximum atomic E-state index is 5.52. The molecule has 0 saturated heterocycles. The van der Waals surface area contributed by atoms with Crippen molar-refractivity contribution in [3.63, 3.8) is 0 Å². The summed E-state index contributed by atoms with van der Waals surface area (Å²) < 4.78 is 11.6. The molecular weight excluding hydrogens is 338 g/mol. The van der Waals surface area contributed by atoms with Gasteiger partial charge in [-0.05, 0) is 45.8 Å². The van der Waals surface area contributed by atoms with E-state index in [0.29, 0.717) is 19.8 Å². The SMILES string of the molecule is COCCOCc1cccc(NCc2ccc(Br)s2)c1. The first-order valence-corrected chi connectivity index (χ1v) is 8.02. The van der Waals surface area contributed by atoms with Gasteiger partial charge in [0.2, 0.25) is 0 Å². The lowest BCUT2D eigenvalue weighted by Gasteiger charge is -2.08. The van der Waals surface area contributed by atoms with Gasteiger partial charge in [0.15, 0.2) is 0 Å². The van der Waals surface area contributed by atoms with Crippen LogP contribution in [0.2, 0.25) is 0 Å². The molecule has 0 unspecified atom stereocenters. The Morgan fingerprint density at radius 1 is 1.20 bits per heavy atom. The maximum Gasteiger partial charge on any atom is 0.0718 e. The molecule has 0 radical (unpaired) electrons. The largest absolute Gasteiger partial charge is 0.382 e. The van der Waals surface area contributed by atoms with Crippen molar-refractivity contribution < 1.29 is 9.47 Å². The number of rotatable bonds is 8. The molecule has 1 aromatic carbocycles. The second-order valence-electron chi connectivity index (χ2n) is 4.31.